The fourth-order valence-corrected chi connectivity index (χ4v) is 4.94. The molecule has 0 amide bonds. The molecule has 0 bridgehead atoms. The van der Waals surface area contributed by atoms with E-state index in [1.807, 2.05) is 12.1 Å². The van der Waals surface area contributed by atoms with Crippen LogP contribution in [0.25, 0.3) is 0 Å². The standard InChI is InChI=1S/C22H30O7/c1-13(23)6-7-16-17-8-14-4-3-5-19(28-11-21(24)25)18(14)9-15(17)10-20(16)29-22(26)12-27-2/h3-5,13,15-17,20,23H,6-12H2,1-2H3,(H,24,25)/t13?,15-,16+,17-,20+/m0/s1. The molecule has 7 heteroatoms. The Morgan fingerprint density at radius 2 is 2.03 bits per heavy atom. The highest BCUT2D eigenvalue weighted by atomic mass is 16.6. The van der Waals surface area contributed by atoms with Crippen molar-refractivity contribution in [1.82, 2.24) is 0 Å². The van der Waals surface area contributed by atoms with E-state index in [0.717, 1.165) is 31.2 Å². The first-order chi connectivity index (χ1) is 13.9. The molecule has 2 aliphatic rings. The fourth-order valence-electron chi connectivity index (χ4n) is 4.94. The maximum Gasteiger partial charge on any atom is 0.341 e. The molecular weight excluding hydrogens is 376 g/mol. The molecule has 0 saturated heterocycles. The monoisotopic (exact) mass is 406 g/mol. The largest absolute Gasteiger partial charge is 0.482 e. The van der Waals surface area contributed by atoms with E-state index in [0.29, 0.717) is 24.0 Å². The molecule has 2 aliphatic carbocycles. The molecule has 1 fully saturated rings. The van der Waals surface area contributed by atoms with Gasteiger partial charge in [0.15, 0.2) is 6.61 Å². The van der Waals surface area contributed by atoms with E-state index in [9.17, 15) is 14.7 Å². The number of rotatable bonds is 9. The van der Waals surface area contributed by atoms with Gasteiger partial charge in [0.2, 0.25) is 0 Å². The lowest BCUT2D eigenvalue weighted by molar-refractivity contribution is -0.155. The van der Waals surface area contributed by atoms with Gasteiger partial charge in [-0.1, -0.05) is 12.1 Å². The van der Waals surface area contributed by atoms with E-state index in [4.69, 9.17) is 19.3 Å². The zero-order valence-electron chi connectivity index (χ0n) is 17.0. The van der Waals surface area contributed by atoms with Crippen LogP contribution in [-0.2, 0) is 31.9 Å². The number of carbonyl (C=O) groups excluding carboxylic acids is 1. The van der Waals surface area contributed by atoms with Crippen LogP contribution in [0.15, 0.2) is 18.2 Å². The Morgan fingerprint density at radius 3 is 2.72 bits per heavy atom. The van der Waals surface area contributed by atoms with Crippen molar-refractivity contribution in [2.24, 2.45) is 17.8 Å². The lowest BCUT2D eigenvalue weighted by Crippen LogP contribution is -2.30. The number of carboxylic acid groups (broad SMARTS) is 1. The van der Waals surface area contributed by atoms with Crippen molar-refractivity contribution in [3.05, 3.63) is 29.3 Å². The van der Waals surface area contributed by atoms with Crippen molar-refractivity contribution in [2.75, 3.05) is 20.3 Å². The first kappa shape index (κ1) is 21.6. The Bertz CT molecular complexity index is 730. The van der Waals surface area contributed by atoms with E-state index >= 15 is 0 Å². The average Bonchev–Trinajstić information content (AvgIpc) is 2.98. The summed E-state index contributed by atoms with van der Waals surface area (Å²) in [5.41, 5.74) is 2.23. The fraction of sp³-hybridized carbons (Fsp3) is 0.636. The molecule has 29 heavy (non-hydrogen) atoms. The summed E-state index contributed by atoms with van der Waals surface area (Å²) in [5.74, 6) is 0.144. The number of benzene rings is 1. The first-order valence-corrected chi connectivity index (χ1v) is 10.2. The van der Waals surface area contributed by atoms with Crippen LogP contribution in [0.3, 0.4) is 0 Å². The highest BCUT2D eigenvalue weighted by molar-refractivity contribution is 5.71. The summed E-state index contributed by atoms with van der Waals surface area (Å²) in [5, 5.41) is 18.7. The minimum absolute atomic E-state index is 0.0671. The van der Waals surface area contributed by atoms with E-state index in [2.05, 4.69) is 6.07 Å². The molecular formula is C22H30O7. The molecule has 5 atom stereocenters. The number of aliphatic hydroxyl groups excluding tert-OH is 1. The van der Waals surface area contributed by atoms with Crippen LogP contribution >= 0.6 is 0 Å². The molecule has 160 valence electrons. The second-order valence-corrected chi connectivity index (χ2v) is 8.20. The Hall–Kier alpha value is -2.12. The molecule has 0 radical (unpaired) electrons. The number of hydrogen-bond acceptors (Lipinski definition) is 6. The van der Waals surface area contributed by atoms with Crippen LogP contribution in [-0.4, -0.2) is 54.7 Å². The van der Waals surface area contributed by atoms with E-state index < -0.39 is 12.1 Å². The third-order valence-electron chi connectivity index (χ3n) is 6.13. The number of fused-ring (bicyclic) bond motifs is 2. The molecule has 7 nitrogen and oxygen atoms in total. The molecule has 0 aliphatic heterocycles. The third-order valence-corrected chi connectivity index (χ3v) is 6.13. The zero-order chi connectivity index (χ0) is 21.0. The number of aliphatic hydroxyl groups is 1. The van der Waals surface area contributed by atoms with E-state index in [1.54, 1.807) is 6.92 Å². The summed E-state index contributed by atoms with van der Waals surface area (Å²) >= 11 is 0. The van der Waals surface area contributed by atoms with Crippen molar-refractivity contribution < 1.29 is 34.0 Å². The van der Waals surface area contributed by atoms with Crippen molar-refractivity contribution in [3.8, 4) is 5.75 Å². The number of esters is 1. The lowest BCUT2D eigenvalue weighted by atomic mass is 9.73. The van der Waals surface area contributed by atoms with E-state index in [1.165, 1.54) is 12.7 Å². The lowest BCUT2D eigenvalue weighted by Gasteiger charge is -2.32. The number of carboxylic acids is 1. The number of methoxy groups -OCH3 is 1. The summed E-state index contributed by atoms with van der Waals surface area (Å²) in [7, 11) is 1.47. The number of aliphatic carboxylic acids is 1. The second-order valence-electron chi connectivity index (χ2n) is 8.20. The Kier molecular flexibility index (Phi) is 7.14. The minimum atomic E-state index is -1.000. The summed E-state index contributed by atoms with van der Waals surface area (Å²) in [6.45, 7) is 1.35. The summed E-state index contributed by atoms with van der Waals surface area (Å²) in [6, 6.07) is 5.78. The molecule has 1 aromatic rings. The molecule has 0 spiro atoms. The van der Waals surface area contributed by atoms with Crippen LogP contribution < -0.4 is 4.74 Å². The van der Waals surface area contributed by atoms with Gasteiger partial charge in [-0.25, -0.2) is 9.59 Å². The zero-order valence-corrected chi connectivity index (χ0v) is 17.0. The van der Waals surface area contributed by atoms with Crippen molar-refractivity contribution in [3.63, 3.8) is 0 Å². The Morgan fingerprint density at radius 1 is 1.24 bits per heavy atom. The predicted octanol–water partition coefficient (Wildman–Crippen LogP) is 2.22. The summed E-state index contributed by atoms with van der Waals surface area (Å²) in [6.07, 6.45) is 3.26. The summed E-state index contributed by atoms with van der Waals surface area (Å²) in [4.78, 5) is 22.9. The van der Waals surface area contributed by atoms with Gasteiger partial charge in [0.05, 0.1) is 6.10 Å². The van der Waals surface area contributed by atoms with Gasteiger partial charge >= 0.3 is 11.9 Å². The SMILES string of the molecule is COCC(=O)O[C@@H]1C[C@@H]2Cc3c(cccc3OCC(=O)O)C[C@@H]2[C@H]1CCC(C)O. The topological polar surface area (TPSA) is 102 Å². The van der Waals surface area contributed by atoms with Gasteiger partial charge in [-0.05, 0) is 74.0 Å². The second kappa shape index (κ2) is 9.59. The van der Waals surface area contributed by atoms with Gasteiger partial charge < -0.3 is 24.4 Å². The highest BCUT2D eigenvalue weighted by Crippen LogP contribution is 2.49. The van der Waals surface area contributed by atoms with Crippen LogP contribution in [0, 0.1) is 17.8 Å². The smallest absolute Gasteiger partial charge is 0.341 e. The van der Waals surface area contributed by atoms with Gasteiger partial charge in [0.25, 0.3) is 0 Å². The third kappa shape index (κ3) is 5.28. The molecule has 1 saturated carbocycles. The Balaban J connectivity index is 1.79. The molecule has 2 N–H and O–H groups in total. The van der Waals surface area contributed by atoms with Crippen LogP contribution in [0.5, 0.6) is 5.75 Å². The molecule has 0 aromatic heterocycles. The molecule has 0 heterocycles. The van der Waals surface area contributed by atoms with Gasteiger partial charge in [0, 0.05) is 7.11 Å². The summed E-state index contributed by atoms with van der Waals surface area (Å²) < 4.78 is 16.2. The number of hydrogen-bond donors (Lipinski definition) is 2. The average molecular weight is 406 g/mol. The predicted molar refractivity (Wildman–Crippen MR) is 105 cm³/mol. The van der Waals surface area contributed by atoms with Crippen molar-refractivity contribution >= 4 is 11.9 Å². The van der Waals surface area contributed by atoms with Gasteiger partial charge in [-0.2, -0.15) is 0 Å². The van der Waals surface area contributed by atoms with Crippen molar-refractivity contribution in [1.29, 1.82) is 0 Å². The first-order valence-electron chi connectivity index (χ1n) is 10.2. The maximum absolute atomic E-state index is 12.0. The molecule has 1 unspecified atom stereocenters. The highest BCUT2D eigenvalue weighted by Gasteiger charge is 2.47. The van der Waals surface area contributed by atoms with Gasteiger partial charge in [-0.15, -0.1) is 0 Å². The number of carbonyl (C=O) groups is 2. The van der Waals surface area contributed by atoms with Crippen molar-refractivity contribution in [2.45, 2.75) is 51.2 Å². The number of ether oxygens (including phenoxy) is 3. The van der Waals surface area contributed by atoms with Gasteiger partial charge in [-0.3, -0.25) is 0 Å². The van der Waals surface area contributed by atoms with Crippen LogP contribution in [0.2, 0.25) is 0 Å². The van der Waals surface area contributed by atoms with Crippen LogP contribution in [0.4, 0.5) is 0 Å². The Labute approximate surface area is 171 Å². The van der Waals surface area contributed by atoms with Crippen LogP contribution in [0.1, 0.15) is 37.3 Å². The van der Waals surface area contributed by atoms with E-state index in [-0.39, 0.29) is 31.2 Å². The molecule has 3 rings (SSSR count). The maximum atomic E-state index is 12.0. The minimum Gasteiger partial charge on any atom is -0.482 e. The molecule has 1 aromatic carbocycles. The van der Waals surface area contributed by atoms with Gasteiger partial charge in [0.1, 0.15) is 18.5 Å². The quantitative estimate of drug-likeness (QED) is 0.606. The normalized spacial score (nSPS) is 26.3.